The monoisotopic (exact) mass is 604 g/mol. The molecule has 0 saturated carbocycles. The number of para-hydroxylation sites is 1. The Morgan fingerprint density at radius 1 is 0.933 bits per heavy atom. The van der Waals surface area contributed by atoms with Crippen LogP contribution in [0.1, 0.15) is 29.2 Å². The molecular weight excluding hydrogens is 568 g/mol. The minimum absolute atomic E-state index is 0.144. The van der Waals surface area contributed by atoms with Gasteiger partial charge in [0.15, 0.2) is 5.96 Å². The molecule has 0 bridgehead atoms. The molecule has 5 aromatic rings. The van der Waals surface area contributed by atoms with Crippen molar-refractivity contribution in [2.24, 2.45) is 11.5 Å². The van der Waals surface area contributed by atoms with Gasteiger partial charge in [-0.15, -0.1) is 0 Å². The molecule has 2 amide bonds. The molecule has 5 rings (SSSR count). The molecule has 1 unspecified atom stereocenters. The van der Waals surface area contributed by atoms with Gasteiger partial charge in [-0.25, -0.2) is 4.98 Å². The number of rotatable bonds is 12. The number of fused-ring (bicyclic) bond motifs is 1. The van der Waals surface area contributed by atoms with Gasteiger partial charge in [0, 0.05) is 43.1 Å². The molecule has 0 spiro atoms. The molecule has 0 aliphatic carbocycles. The van der Waals surface area contributed by atoms with Gasteiger partial charge in [-0.3, -0.25) is 15.0 Å². The lowest BCUT2D eigenvalue weighted by Gasteiger charge is -2.20. The topological polar surface area (TPSA) is 164 Å². The van der Waals surface area contributed by atoms with Gasteiger partial charge >= 0.3 is 0 Å². The first-order chi connectivity index (χ1) is 21.7. The lowest BCUT2D eigenvalue weighted by molar-refractivity contribution is -0.121. The van der Waals surface area contributed by atoms with E-state index in [2.05, 4.69) is 10.6 Å². The van der Waals surface area contributed by atoms with Crippen molar-refractivity contribution in [3.05, 3.63) is 103 Å². The van der Waals surface area contributed by atoms with Crippen LogP contribution in [0.2, 0.25) is 0 Å². The second-order valence-electron chi connectivity index (χ2n) is 10.7. The fraction of sp³-hybridized carbons (Fsp3) is 0.176. The maximum absolute atomic E-state index is 13.2. The number of amides is 2. The Morgan fingerprint density at radius 2 is 1.67 bits per heavy atom. The van der Waals surface area contributed by atoms with Crippen LogP contribution in [0.25, 0.3) is 22.4 Å². The molecule has 230 valence electrons. The van der Waals surface area contributed by atoms with Gasteiger partial charge in [-0.1, -0.05) is 30.3 Å². The van der Waals surface area contributed by atoms with E-state index in [1.54, 1.807) is 18.2 Å². The summed E-state index contributed by atoms with van der Waals surface area (Å²) in [6, 6.07) is 28.9. The van der Waals surface area contributed by atoms with E-state index in [9.17, 15) is 9.59 Å². The minimum Gasteiger partial charge on any atom is -0.457 e. The van der Waals surface area contributed by atoms with E-state index in [0.717, 1.165) is 5.69 Å². The highest BCUT2D eigenvalue weighted by Crippen LogP contribution is 2.33. The summed E-state index contributed by atoms with van der Waals surface area (Å²) in [4.78, 5) is 33.0. The summed E-state index contributed by atoms with van der Waals surface area (Å²) >= 11 is 0. The Hall–Kier alpha value is -5.84. The molecule has 1 heterocycles. The second-order valence-corrected chi connectivity index (χ2v) is 10.7. The quantitative estimate of drug-likeness (QED) is 0.0751. The Morgan fingerprint density at radius 3 is 2.36 bits per heavy atom. The summed E-state index contributed by atoms with van der Waals surface area (Å²) < 4.78 is 7.88. The zero-order chi connectivity index (χ0) is 31.9. The number of ether oxygens (including phenoxy) is 1. The van der Waals surface area contributed by atoms with Gasteiger partial charge in [0.05, 0.1) is 11.0 Å². The van der Waals surface area contributed by atoms with Gasteiger partial charge in [-0.05, 0) is 79.6 Å². The Kier molecular flexibility index (Phi) is 9.28. The highest BCUT2D eigenvalue weighted by molar-refractivity contribution is 6.06. The van der Waals surface area contributed by atoms with Gasteiger partial charge in [0.2, 0.25) is 5.91 Å². The number of aromatic nitrogens is 2. The van der Waals surface area contributed by atoms with Crippen molar-refractivity contribution in [2.45, 2.75) is 18.9 Å². The molecule has 11 nitrogen and oxygen atoms in total. The molecule has 0 radical (unpaired) electrons. The number of nitrogens with two attached hydrogens (primary N) is 2. The van der Waals surface area contributed by atoms with Crippen LogP contribution in [0.4, 0.5) is 11.4 Å². The number of anilines is 2. The van der Waals surface area contributed by atoms with E-state index < -0.39 is 11.9 Å². The first-order valence-corrected chi connectivity index (χ1v) is 14.5. The average molecular weight is 605 g/mol. The Bertz CT molecular complexity index is 1820. The SMILES string of the molecule is CN(C)c1ccc(NC(=O)c2ccc3c(c2)nc(-c2cccc(Oc4ccccc4)c2)n3C(CCCNC(=N)N)C(N)=O)cc1. The number of primary amides is 1. The number of imidazole rings is 1. The number of carbonyl (C=O) groups is 2. The fourth-order valence-electron chi connectivity index (χ4n) is 5.05. The lowest BCUT2D eigenvalue weighted by Crippen LogP contribution is -2.32. The first kappa shape index (κ1) is 30.6. The van der Waals surface area contributed by atoms with Crippen molar-refractivity contribution in [1.29, 1.82) is 5.41 Å². The predicted molar refractivity (Wildman–Crippen MR) is 178 cm³/mol. The zero-order valence-electron chi connectivity index (χ0n) is 25.2. The van der Waals surface area contributed by atoms with E-state index in [1.807, 2.05) is 102 Å². The smallest absolute Gasteiger partial charge is 0.255 e. The Labute approximate surface area is 261 Å². The van der Waals surface area contributed by atoms with Crippen molar-refractivity contribution in [3.8, 4) is 22.9 Å². The van der Waals surface area contributed by atoms with Crippen molar-refractivity contribution in [1.82, 2.24) is 14.9 Å². The van der Waals surface area contributed by atoms with E-state index in [1.165, 1.54) is 0 Å². The number of carbonyl (C=O) groups excluding carboxylic acids is 2. The molecule has 45 heavy (non-hydrogen) atoms. The summed E-state index contributed by atoms with van der Waals surface area (Å²) in [6.07, 6.45) is 0.899. The fourth-order valence-corrected chi connectivity index (χ4v) is 5.05. The van der Waals surface area contributed by atoms with Gasteiger partial charge in [-0.2, -0.15) is 0 Å². The number of nitrogens with zero attached hydrogens (tertiary/aromatic N) is 3. The third-order valence-electron chi connectivity index (χ3n) is 7.27. The number of hydrogen-bond donors (Lipinski definition) is 5. The predicted octanol–water partition coefficient (Wildman–Crippen LogP) is 5.10. The van der Waals surface area contributed by atoms with E-state index >= 15 is 0 Å². The molecule has 0 aliphatic heterocycles. The number of guanidine groups is 1. The lowest BCUT2D eigenvalue weighted by atomic mass is 10.1. The van der Waals surface area contributed by atoms with Crippen LogP contribution in [0.3, 0.4) is 0 Å². The third kappa shape index (κ3) is 7.39. The maximum atomic E-state index is 13.2. The summed E-state index contributed by atoms with van der Waals surface area (Å²) in [5, 5.41) is 13.1. The maximum Gasteiger partial charge on any atom is 0.255 e. The molecule has 4 aromatic carbocycles. The molecular formula is C34H36N8O3. The van der Waals surface area contributed by atoms with Crippen molar-refractivity contribution in [2.75, 3.05) is 30.9 Å². The van der Waals surface area contributed by atoms with Crippen LogP contribution < -0.4 is 31.7 Å². The highest BCUT2D eigenvalue weighted by Gasteiger charge is 2.25. The van der Waals surface area contributed by atoms with E-state index in [0.29, 0.717) is 64.6 Å². The molecule has 7 N–H and O–H groups in total. The zero-order valence-corrected chi connectivity index (χ0v) is 25.2. The average Bonchev–Trinajstić information content (AvgIpc) is 3.40. The standard InChI is InChI=1S/C34H36N8O3/c1-41(2)25-16-14-24(15-17-25)39-33(44)23-13-18-29-28(21-23)40-32(42(29)30(31(35)43)12-7-19-38-34(36)37)22-8-6-11-27(20-22)45-26-9-4-3-5-10-26/h3-6,8-11,13-18,20-21,30H,7,12,19H2,1-2H3,(H2,35,43)(H,39,44)(H4,36,37,38). The normalized spacial score (nSPS) is 11.5. The molecule has 1 atom stereocenters. The molecule has 0 fully saturated rings. The van der Waals surface area contributed by atoms with Crippen LogP contribution >= 0.6 is 0 Å². The summed E-state index contributed by atoms with van der Waals surface area (Å²) in [5.41, 5.74) is 15.4. The summed E-state index contributed by atoms with van der Waals surface area (Å²) in [6.45, 7) is 0.404. The van der Waals surface area contributed by atoms with Crippen LogP contribution in [0.5, 0.6) is 11.5 Å². The van der Waals surface area contributed by atoms with Crippen molar-refractivity contribution in [3.63, 3.8) is 0 Å². The summed E-state index contributed by atoms with van der Waals surface area (Å²) in [5.74, 6) is 0.823. The van der Waals surface area contributed by atoms with Crippen LogP contribution in [0, 0.1) is 5.41 Å². The molecule has 1 aromatic heterocycles. The molecule has 0 saturated heterocycles. The second kappa shape index (κ2) is 13.6. The largest absolute Gasteiger partial charge is 0.457 e. The van der Waals surface area contributed by atoms with Crippen molar-refractivity contribution >= 4 is 40.2 Å². The van der Waals surface area contributed by atoms with Gasteiger partial charge in [0.25, 0.3) is 5.91 Å². The first-order valence-electron chi connectivity index (χ1n) is 14.5. The van der Waals surface area contributed by atoms with E-state index in [-0.39, 0.29) is 11.9 Å². The van der Waals surface area contributed by atoms with Gasteiger partial charge in [0.1, 0.15) is 23.4 Å². The van der Waals surface area contributed by atoms with Crippen LogP contribution in [0.15, 0.2) is 97.1 Å². The highest BCUT2D eigenvalue weighted by atomic mass is 16.5. The third-order valence-corrected chi connectivity index (χ3v) is 7.27. The van der Waals surface area contributed by atoms with Crippen LogP contribution in [-0.2, 0) is 4.79 Å². The number of benzene rings is 4. The Balaban J connectivity index is 1.52. The van der Waals surface area contributed by atoms with Gasteiger partial charge < -0.3 is 36.3 Å². The van der Waals surface area contributed by atoms with Crippen LogP contribution in [-0.4, -0.2) is 48.0 Å². The minimum atomic E-state index is -0.757. The van der Waals surface area contributed by atoms with E-state index in [4.69, 9.17) is 26.6 Å². The summed E-state index contributed by atoms with van der Waals surface area (Å²) in [7, 11) is 3.91. The van der Waals surface area contributed by atoms with Crippen molar-refractivity contribution < 1.29 is 14.3 Å². The number of nitrogens with one attached hydrogen (secondary N) is 3. The number of hydrogen-bond acceptors (Lipinski definition) is 6. The molecule has 11 heteroatoms. The molecule has 0 aliphatic rings.